The smallest absolute Gasteiger partial charge is 0.219 e. The van der Waals surface area contributed by atoms with E-state index in [0.29, 0.717) is 18.2 Å². The largest absolute Gasteiger partial charge is 0.367 e. The molecule has 2 aliphatic rings. The van der Waals surface area contributed by atoms with Crippen molar-refractivity contribution in [2.24, 2.45) is 5.92 Å². The van der Waals surface area contributed by atoms with Crippen molar-refractivity contribution in [3.05, 3.63) is 35.9 Å². The Kier molecular flexibility index (Phi) is 6.74. The van der Waals surface area contributed by atoms with Gasteiger partial charge in [-0.3, -0.25) is 9.69 Å². The third kappa shape index (κ3) is 4.48. The van der Waals surface area contributed by atoms with Crippen molar-refractivity contribution < 1.29 is 9.18 Å². The molecule has 0 N–H and O–H groups in total. The minimum atomic E-state index is -0.425. The van der Waals surface area contributed by atoms with Gasteiger partial charge in [-0.1, -0.05) is 26.0 Å². The molecule has 2 saturated heterocycles. The SMILES string of the molecule is CC(=O)N1CCCC(c2nnnn2CCC(C)C)(N2CCN(c3ccccc3F)CC2)C1. The first-order chi connectivity index (χ1) is 15.4. The number of tetrazole rings is 1. The van der Waals surface area contributed by atoms with Crippen LogP contribution in [0.3, 0.4) is 0 Å². The number of benzene rings is 1. The van der Waals surface area contributed by atoms with Crippen LogP contribution >= 0.6 is 0 Å². The molecule has 1 unspecified atom stereocenters. The molecular formula is C23H34FN7O. The Labute approximate surface area is 189 Å². The van der Waals surface area contributed by atoms with Gasteiger partial charge < -0.3 is 9.80 Å². The van der Waals surface area contributed by atoms with Crippen LogP contribution in [0.25, 0.3) is 0 Å². The predicted octanol–water partition coefficient (Wildman–Crippen LogP) is 2.52. The van der Waals surface area contributed by atoms with Gasteiger partial charge in [0.05, 0.1) is 5.69 Å². The van der Waals surface area contributed by atoms with Gasteiger partial charge >= 0.3 is 0 Å². The quantitative estimate of drug-likeness (QED) is 0.683. The van der Waals surface area contributed by atoms with Gasteiger partial charge in [0.2, 0.25) is 5.91 Å². The first kappa shape index (κ1) is 22.6. The van der Waals surface area contributed by atoms with Crippen LogP contribution in [0.15, 0.2) is 24.3 Å². The van der Waals surface area contributed by atoms with E-state index < -0.39 is 5.54 Å². The molecule has 1 atom stereocenters. The first-order valence-corrected chi connectivity index (χ1v) is 11.7. The van der Waals surface area contributed by atoms with E-state index in [0.717, 1.165) is 64.4 Å². The molecule has 0 radical (unpaired) electrons. The Hall–Kier alpha value is -2.55. The molecule has 1 amide bonds. The van der Waals surface area contributed by atoms with Gasteiger partial charge in [0.25, 0.3) is 0 Å². The highest BCUT2D eigenvalue weighted by atomic mass is 19.1. The van der Waals surface area contributed by atoms with E-state index in [4.69, 9.17) is 0 Å². The highest BCUT2D eigenvalue weighted by molar-refractivity contribution is 5.73. The lowest BCUT2D eigenvalue weighted by Crippen LogP contribution is -2.62. The third-order valence-electron chi connectivity index (χ3n) is 6.86. The van der Waals surface area contributed by atoms with Gasteiger partial charge in [-0.2, -0.15) is 0 Å². The summed E-state index contributed by atoms with van der Waals surface area (Å²) in [6.45, 7) is 11.1. The highest BCUT2D eigenvalue weighted by Gasteiger charge is 2.47. The van der Waals surface area contributed by atoms with E-state index in [2.05, 4.69) is 39.2 Å². The number of hydrogen-bond acceptors (Lipinski definition) is 6. The molecule has 3 heterocycles. The van der Waals surface area contributed by atoms with E-state index in [9.17, 15) is 9.18 Å². The van der Waals surface area contributed by atoms with Crippen LogP contribution in [0.2, 0.25) is 0 Å². The van der Waals surface area contributed by atoms with Crippen LogP contribution in [0.4, 0.5) is 10.1 Å². The van der Waals surface area contributed by atoms with Crippen molar-refractivity contribution in [1.82, 2.24) is 30.0 Å². The molecule has 0 aliphatic carbocycles. The molecule has 0 spiro atoms. The lowest BCUT2D eigenvalue weighted by Gasteiger charge is -2.51. The maximum atomic E-state index is 14.3. The fourth-order valence-corrected chi connectivity index (χ4v) is 5.04. The van der Waals surface area contributed by atoms with Crippen LogP contribution < -0.4 is 4.90 Å². The number of piperazine rings is 1. The fourth-order valence-electron chi connectivity index (χ4n) is 5.04. The molecule has 0 saturated carbocycles. The fraction of sp³-hybridized carbons (Fsp3) is 0.652. The molecule has 0 bridgehead atoms. The average molecular weight is 444 g/mol. The Morgan fingerprint density at radius 2 is 1.91 bits per heavy atom. The summed E-state index contributed by atoms with van der Waals surface area (Å²) in [5.74, 6) is 1.30. The van der Waals surface area contributed by atoms with Crippen LogP contribution in [-0.4, -0.2) is 75.2 Å². The Morgan fingerprint density at radius 1 is 1.16 bits per heavy atom. The van der Waals surface area contributed by atoms with Crippen LogP contribution in [-0.2, 0) is 16.9 Å². The molecule has 1 aromatic heterocycles. The van der Waals surface area contributed by atoms with Gasteiger partial charge in [-0.15, -0.1) is 5.10 Å². The first-order valence-electron chi connectivity index (χ1n) is 11.7. The molecule has 174 valence electrons. The lowest BCUT2D eigenvalue weighted by atomic mass is 9.85. The number of rotatable bonds is 6. The predicted molar refractivity (Wildman–Crippen MR) is 121 cm³/mol. The van der Waals surface area contributed by atoms with Crippen LogP contribution in [0.1, 0.15) is 45.9 Å². The second-order valence-corrected chi connectivity index (χ2v) is 9.41. The highest BCUT2D eigenvalue weighted by Crippen LogP contribution is 2.38. The van der Waals surface area contributed by atoms with Gasteiger partial charge in [-0.25, -0.2) is 9.07 Å². The summed E-state index contributed by atoms with van der Waals surface area (Å²) in [4.78, 5) is 18.8. The number of hydrogen-bond donors (Lipinski definition) is 0. The summed E-state index contributed by atoms with van der Waals surface area (Å²) >= 11 is 0. The number of carbonyl (C=O) groups excluding carboxylic acids is 1. The summed E-state index contributed by atoms with van der Waals surface area (Å²) < 4.78 is 16.3. The normalized spacial score (nSPS) is 22.5. The molecule has 2 aliphatic heterocycles. The van der Waals surface area contributed by atoms with Crippen molar-refractivity contribution in [1.29, 1.82) is 0 Å². The van der Waals surface area contributed by atoms with E-state index in [1.54, 1.807) is 13.0 Å². The van der Waals surface area contributed by atoms with Crippen LogP contribution in [0, 0.1) is 11.7 Å². The summed E-state index contributed by atoms with van der Waals surface area (Å²) in [5.41, 5.74) is 0.225. The molecule has 4 rings (SSSR count). The third-order valence-corrected chi connectivity index (χ3v) is 6.86. The topological polar surface area (TPSA) is 70.4 Å². The molecular weight excluding hydrogens is 409 g/mol. The Bertz CT molecular complexity index is 925. The van der Waals surface area contributed by atoms with Gasteiger partial charge in [-0.05, 0) is 47.7 Å². The van der Waals surface area contributed by atoms with Crippen LogP contribution in [0.5, 0.6) is 0 Å². The monoisotopic (exact) mass is 443 g/mol. The molecule has 32 heavy (non-hydrogen) atoms. The second-order valence-electron chi connectivity index (χ2n) is 9.41. The molecule has 2 aromatic rings. The maximum Gasteiger partial charge on any atom is 0.219 e. The van der Waals surface area contributed by atoms with Crippen molar-refractivity contribution >= 4 is 11.6 Å². The number of likely N-dealkylation sites (tertiary alicyclic amines) is 1. The standard InChI is InChI=1S/C23H34FN7O/c1-18(2)9-12-31-22(25-26-27-31)23(10-6-11-29(17-23)19(3)32)30-15-13-28(14-16-30)21-8-5-4-7-20(21)24/h4-5,7-8,18H,6,9-17H2,1-3H3. The maximum absolute atomic E-state index is 14.3. The van der Waals surface area contributed by atoms with Gasteiger partial charge in [0.1, 0.15) is 11.4 Å². The van der Waals surface area contributed by atoms with Gasteiger partial charge in [0.15, 0.2) is 5.82 Å². The van der Waals surface area contributed by atoms with E-state index in [1.165, 1.54) is 6.07 Å². The summed E-state index contributed by atoms with van der Waals surface area (Å²) in [7, 11) is 0. The van der Waals surface area contributed by atoms with Gasteiger partial charge in [0, 0.05) is 52.7 Å². The average Bonchev–Trinajstić information content (AvgIpc) is 3.27. The van der Waals surface area contributed by atoms with E-state index >= 15 is 0 Å². The zero-order valence-electron chi connectivity index (χ0n) is 19.4. The zero-order valence-corrected chi connectivity index (χ0v) is 19.4. The zero-order chi connectivity index (χ0) is 22.7. The number of anilines is 1. The number of halogens is 1. The Morgan fingerprint density at radius 3 is 2.59 bits per heavy atom. The molecule has 1 aromatic carbocycles. The number of para-hydroxylation sites is 1. The van der Waals surface area contributed by atoms with Crippen molar-refractivity contribution in [3.8, 4) is 0 Å². The minimum absolute atomic E-state index is 0.0836. The number of aromatic nitrogens is 4. The lowest BCUT2D eigenvalue weighted by molar-refractivity contribution is -0.134. The van der Waals surface area contributed by atoms with Crippen molar-refractivity contribution in [3.63, 3.8) is 0 Å². The summed E-state index contributed by atoms with van der Waals surface area (Å²) in [6.07, 6.45) is 2.80. The Balaban J connectivity index is 1.61. The second kappa shape index (κ2) is 9.52. The molecule has 2 fully saturated rings. The number of piperidine rings is 1. The summed E-state index contributed by atoms with van der Waals surface area (Å²) in [6, 6.07) is 6.95. The van der Waals surface area contributed by atoms with Crippen molar-refractivity contribution in [2.75, 3.05) is 44.2 Å². The van der Waals surface area contributed by atoms with Crippen molar-refractivity contribution in [2.45, 2.75) is 52.1 Å². The minimum Gasteiger partial charge on any atom is -0.367 e. The number of carbonyl (C=O) groups is 1. The summed E-state index contributed by atoms with van der Waals surface area (Å²) in [5, 5.41) is 12.8. The van der Waals surface area contributed by atoms with E-state index in [-0.39, 0.29) is 11.7 Å². The molecule has 9 heteroatoms. The number of amides is 1. The van der Waals surface area contributed by atoms with E-state index in [1.807, 2.05) is 21.7 Å². The number of aryl methyl sites for hydroxylation is 1. The molecule has 8 nitrogen and oxygen atoms in total. The number of nitrogens with zero attached hydrogens (tertiary/aromatic N) is 7.